The number of ether oxygens (including phenoxy) is 4. The van der Waals surface area contributed by atoms with E-state index in [9.17, 15) is 9.90 Å². The zero-order valence-corrected chi connectivity index (χ0v) is 20.4. The number of nitrogens with one attached hydrogen (secondary N) is 1. The third-order valence-electron chi connectivity index (χ3n) is 6.00. The molecule has 0 aliphatic carbocycles. The van der Waals surface area contributed by atoms with Crippen LogP contribution in [0, 0.1) is 0 Å². The summed E-state index contributed by atoms with van der Waals surface area (Å²) < 4.78 is 24.6. The molecule has 2 N–H and O–H groups in total. The van der Waals surface area contributed by atoms with Crippen LogP contribution in [0.5, 0.6) is 0 Å². The molecule has 0 unspecified atom stereocenters. The summed E-state index contributed by atoms with van der Waals surface area (Å²) in [5, 5.41) is 13.6. The number of hydrogen-bond donors (Lipinski definition) is 2. The maximum atomic E-state index is 12.0. The highest BCUT2D eigenvalue weighted by atomic mass is 16.7. The average molecular weight is 492 g/mol. The highest BCUT2D eigenvalue weighted by molar-refractivity contribution is 5.73. The van der Waals surface area contributed by atoms with Crippen molar-refractivity contribution in [2.75, 3.05) is 6.61 Å². The monoisotopic (exact) mass is 491 g/mol. The van der Waals surface area contributed by atoms with Gasteiger partial charge in [0.1, 0.15) is 24.4 Å². The summed E-state index contributed by atoms with van der Waals surface area (Å²) >= 11 is 0. The Balaban J connectivity index is 1.53. The number of amides is 1. The molecule has 0 spiro atoms. The molecule has 1 aliphatic rings. The van der Waals surface area contributed by atoms with Gasteiger partial charge in [-0.05, 0) is 16.7 Å². The van der Waals surface area contributed by atoms with Crippen LogP contribution in [0.3, 0.4) is 0 Å². The lowest BCUT2D eigenvalue weighted by atomic mass is 9.96. The summed E-state index contributed by atoms with van der Waals surface area (Å²) in [5.74, 6) is -0.295. The first-order chi connectivity index (χ1) is 17.6. The number of benzene rings is 3. The van der Waals surface area contributed by atoms with Gasteiger partial charge in [-0.1, -0.05) is 91.0 Å². The summed E-state index contributed by atoms with van der Waals surface area (Å²) in [6.07, 6.45) is -3.17. The molecule has 1 saturated heterocycles. The lowest BCUT2D eigenvalue weighted by Crippen LogP contribution is -2.65. The van der Waals surface area contributed by atoms with E-state index in [0.29, 0.717) is 13.2 Å². The van der Waals surface area contributed by atoms with Crippen LogP contribution in [0.4, 0.5) is 0 Å². The van der Waals surface area contributed by atoms with Crippen molar-refractivity contribution >= 4 is 5.91 Å². The molecule has 7 nitrogen and oxygen atoms in total. The Morgan fingerprint density at radius 3 is 1.75 bits per heavy atom. The van der Waals surface area contributed by atoms with Gasteiger partial charge in [0, 0.05) is 6.92 Å². The molecule has 36 heavy (non-hydrogen) atoms. The van der Waals surface area contributed by atoms with Gasteiger partial charge in [-0.3, -0.25) is 4.79 Å². The molecule has 0 saturated carbocycles. The van der Waals surface area contributed by atoms with Crippen molar-refractivity contribution in [3.63, 3.8) is 0 Å². The molecule has 1 aliphatic heterocycles. The summed E-state index contributed by atoms with van der Waals surface area (Å²) in [5.41, 5.74) is 2.99. The van der Waals surface area contributed by atoms with Crippen molar-refractivity contribution in [1.82, 2.24) is 5.32 Å². The minimum atomic E-state index is -1.28. The SMILES string of the molecule is CC(=O)N[C@@H]1[C@@H](OCc2ccccc2)[C@@H](OCc2ccccc2)[C@@H](COCc2ccccc2)O[C@H]1O. The summed E-state index contributed by atoms with van der Waals surface area (Å²) in [7, 11) is 0. The molecular formula is C29H33NO6. The molecule has 1 amide bonds. The molecule has 0 aromatic heterocycles. The predicted octanol–water partition coefficient (Wildman–Crippen LogP) is 3.60. The van der Waals surface area contributed by atoms with Gasteiger partial charge in [-0.2, -0.15) is 0 Å². The van der Waals surface area contributed by atoms with Crippen LogP contribution in [0.1, 0.15) is 23.6 Å². The fourth-order valence-electron chi connectivity index (χ4n) is 4.24. The molecule has 5 atom stereocenters. The number of carbonyl (C=O) groups excluding carboxylic acids is 1. The van der Waals surface area contributed by atoms with Crippen molar-refractivity contribution in [2.24, 2.45) is 0 Å². The highest BCUT2D eigenvalue weighted by Crippen LogP contribution is 2.27. The Labute approximate surface area is 212 Å². The van der Waals surface area contributed by atoms with Crippen LogP contribution in [0.2, 0.25) is 0 Å². The van der Waals surface area contributed by atoms with Gasteiger partial charge in [-0.15, -0.1) is 0 Å². The van der Waals surface area contributed by atoms with E-state index in [1.165, 1.54) is 6.92 Å². The first kappa shape index (κ1) is 26.0. The Hall–Kier alpha value is -3.07. The third kappa shape index (κ3) is 7.46. The second kappa shape index (κ2) is 13.3. The Bertz CT molecular complexity index is 1050. The van der Waals surface area contributed by atoms with Crippen molar-refractivity contribution in [1.29, 1.82) is 0 Å². The molecule has 1 heterocycles. The van der Waals surface area contributed by atoms with E-state index in [2.05, 4.69) is 5.32 Å². The number of aliphatic hydroxyl groups excluding tert-OH is 1. The van der Waals surface area contributed by atoms with Gasteiger partial charge in [-0.25, -0.2) is 0 Å². The van der Waals surface area contributed by atoms with Crippen LogP contribution >= 0.6 is 0 Å². The van der Waals surface area contributed by atoms with Gasteiger partial charge in [0.2, 0.25) is 5.91 Å². The average Bonchev–Trinajstić information content (AvgIpc) is 2.90. The van der Waals surface area contributed by atoms with Crippen LogP contribution in [0.25, 0.3) is 0 Å². The van der Waals surface area contributed by atoms with Crippen molar-refractivity contribution in [3.8, 4) is 0 Å². The number of hydrogen-bond acceptors (Lipinski definition) is 6. The number of carbonyl (C=O) groups is 1. The number of aliphatic hydroxyl groups is 1. The molecular weight excluding hydrogens is 458 g/mol. The number of rotatable bonds is 11. The topological polar surface area (TPSA) is 86.3 Å². The predicted molar refractivity (Wildman–Crippen MR) is 135 cm³/mol. The van der Waals surface area contributed by atoms with Crippen molar-refractivity contribution in [3.05, 3.63) is 108 Å². The molecule has 3 aromatic rings. The summed E-state index contributed by atoms with van der Waals surface area (Å²) in [4.78, 5) is 12.0. The van der Waals surface area contributed by atoms with Gasteiger partial charge in [0.25, 0.3) is 0 Å². The van der Waals surface area contributed by atoms with Gasteiger partial charge in [0.05, 0.1) is 26.4 Å². The summed E-state index contributed by atoms with van der Waals surface area (Å²) in [6.45, 7) is 2.58. The second-order valence-electron chi connectivity index (χ2n) is 8.81. The zero-order valence-electron chi connectivity index (χ0n) is 20.4. The standard InChI is InChI=1S/C29H33NO6/c1-21(31)30-26-28(35-19-24-15-9-4-10-16-24)27(34-18-23-13-7-3-8-14-23)25(36-29(26)32)20-33-17-22-11-5-2-6-12-22/h2-16,25-29,32H,17-20H2,1H3,(H,30,31)/t25-,26-,27+,28-,29-/m1/s1. The van der Waals surface area contributed by atoms with Gasteiger partial charge in [0.15, 0.2) is 6.29 Å². The third-order valence-corrected chi connectivity index (χ3v) is 6.00. The first-order valence-corrected chi connectivity index (χ1v) is 12.1. The van der Waals surface area contributed by atoms with Crippen LogP contribution in [-0.4, -0.2) is 48.3 Å². The minimum absolute atomic E-state index is 0.184. The van der Waals surface area contributed by atoms with Crippen LogP contribution in [-0.2, 0) is 43.6 Å². The largest absolute Gasteiger partial charge is 0.374 e. The zero-order chi connectivity index (χ0) is 25.2. The molecule has 0 bridgehead atoms. The van der Waals surface area contributed by atoms with Crippen molar-refractivity contribution < 1.29 is 28.8 Å². The highest BCUT2D eigenvalue weighted by Gasteiger charge is 2.47. The van der Waals surface area contributed by atoms with Crippen LogP contribution < -0.4 is 5.32 Å². The molecule has 1 fully saturated rings. The molecule has 190 valence electrons. The van der Waals surface area contributed by atoms with E-state index >= 15 is 0 Å². The lowest BCUT2D eigenvalue weighted by Gasteiger charge is -2.44. The van der Waals surface area contributed by atoms with E-state index in [4.69, 9.17) is 18.9 Å². The van der Waals surface area contributed by atoms with Gasteiger partial charge >= 0.3 is 0 Å². The van der Waals surface area contributed by atoms with Gasteiger partial charge < -0.3 is 29.4 Å². The Morgan fingerprint density at radius 1 is 0.778 bits per heavy atom. The van der Waals surface area contributed by atoms with E-state index in [0.717, 1.165) is 16.7 Å². The minimum Gasteiger partial charge on any atom is -0.374 e. The Kier molecular flexibility index (Phi) is 9.61. The quantitative estimate of drug-likeness (QED) is 0.426. The summed E-state index contributed by atoms with van der Waals surface area (Å²) in [6, 6.07) is 28.6. The molecule has 7 heteroatoms. The first-order valence-electron chi connectivity index (χ1n) is 12.1. The molecule has 0 radical (unpaired) electrons. The van der Waals surface area contributed by atoms with E-state index in [1.807, 2.05) is 91.0 Å². The lowest BCUT2D eigenvalue weighted by molar-refractivity contribution is -0.277. The van der Waals surface area contributed by atoms with Crippen molar-refractivity contribution in [2.45, 2.75) is 57.4 Å². The maximum absolute atomic E-state index is 12.0. The fraction of sp³-hybridized carbons (Fsp3) is 0.345. The maximum Gasteiger partial charge on any atom is 0.217 e. The molecule has 3 aromatic carbocycles. The second-order valence-corrected chi connectivity index (χ2v) is 8.81. The van der Waals surface area contributed by atoms with E-state index in [1.54, 1.807) is 0 Å². The van der Waals surface area contributed by atoms with E-state index < -0.39 is 30.6 Å². The van der Waals surface area contributed by atoms with E-state index in [-0.39, 0.29) is 19.1 Å². The smallest absolute Gasteiger partial charge is 0.217 e. The fourth-order valence-corrected chi connectivity index (χ4v) is 4.24. The Morgan fingerprint density at radius 2 is 1.25 bits per heavy atom. The normalized spacial score (nSPS) is 23.8. The molecule has 4 rings (SSSR count). The van der Waals surface area contributed by atoms with Crippen LogP contribution in [0.15, 0.2) is 91.0 Å².